The number of aliphatic carboxylic acids is 1. The van der Waals surface area contributed by atoms with E-state index >= 15 is 0 Å². The molecular formula is C38H58N12O9. The highest BCUT2D eigenvalue weighted by Crippen LogP contribution is 2.21. The molecule has 1 aliphatic rings. The van der Waals surface area contributed by atoms with Crippen LogP contribution < -0.4 is 43.8 Å². The van der Waals surface area contributed by atoms with Gasteiger partial charge in [0.1, 0.15) is 36.3 Å². The SMILES string of the molecule is CC(C)C[C@H](NC(=O)[C@H](Cc1cnc[nH]1)NC(=O)[C@@H]1CCCN1C(=O)[C@H](CCCN=C(N)N)NC(=O)[C@H](C)N)C(=O)N[C@@H](CO)C(=O)N[C@@H](Cc1ccccc1)C(=O)O. The zero-order valence-electron chi connectivity index (χ0n) is 33.6. The summed E-state index contributed by atoms with van der Waals surface area (Å²) in [4.78, 5) is 105. The summed E-state index contributed by atoms with van der Waals surface area (Å²) >= 11 is 0. The minimum Gasteiger partial charge on any atom is -0.480 e. The number of aromatic amines is 1. The van der Waals surface area contributed by atoms with E-state index in [1.165, 1.54) is 24.3 Å². The number of carbonyl (C=O) groups is 7. The van der Waals surface area contributed by atoms with Crippen LogP contribution in [0.1, 0.15) is 64.1 Å². The number of rotatable bonds is 23. The molecule has 2 heterocycles. The highest BCUT2D eigenvalue weighted by Gasteiger charge is 2.40. The molecule has 324 valence electrons. The van der Waals surface area contributed by atoms with Gasteiger partial charge in [0.25, 0.3) is 0 Å². The number of nitrogens with two attached hydrogens (primary N) is 3. The van der Waals surface area contributed by atoms with Gasteiger partial charge in [0.2, 0.25) is 35.4 Å². The molecule has 0 radical (unpaired) electrons. The molecule has 1 aliphatic heterocycles. The Morgan fingerprint density at radius 3 is 2.08 bits per heavy atom. The molecule has 6 amide bonds. The molecule has 1 aromatic carbocycles. The van der Waals surface area contributed by atoms with Crippen molar-refractivity contribution in [1.82, 2.24) is 41.5 Å². The third-order valence-electron chi connectivity index (χ3n) is 9.48. The summed E-state index contributed by atoms with van der Waals surface area (Å²) in [6.07, 6.45) is 3.97. The van der Waals surface area contributed by atoms with E-state index in [1.54, 1.807) is 44.2 Å². The smallest absolute Gasteiger partial charge is 0.326 e. The van der Waals surface area contributed by atoms with E-state index in [0.29, 0.717) is 24.1 Å². The summed E-state index contributed by atoms with van der Waals surface area (Å²) in [5.74, 6) is -5.93. The maximum absolute atomic E-state index is 14.0. The number of hydrogen-bond donors (Lipinski definition) is 11. The van der Waals surface area contributed by atoms with Gasteiger partial charge >= 0.3 is 5.97 Å². The van der Waals surface area contributed by atoms with Crippen LogP contribution in [0.15, 0.2) is 47.8 Å². The van der Waals surface area contributed by atoms with E-state index in [2.05, 4.69) is 41.5 Å². The summed E-state index contributed by atoms with van der Waals surface area (Å²) < 4.78 is 0. The molecule has 21 heteroatoms. The fraction of sp³-hybridized carbons (Fsp3) is 0.553. The van der Waals surface area contributed by atoms with Crippen LogP contribution in [0.4, 0.5) is 0 Å². The van der Waals surface area contributed by atoms with Crippen LogP contribution in [-0.4, -0.2) is 134 Å². The summed E-state index contributed by atoms with van der Waals surface area (Å²) in [6.45, 7) is 4.57. The molecule has 0 bridgehead atoms. The number of aliphatic hydroxyl groups is 1. The minimum atomic E-state index is -1.56. The van der Waals surface area contributed by atoms with Gasteiger partial charge in [-0.2, -0.15) is 0 Å². The average Bonchev–Trinajstić information content (AvgIpc) is 3.90. The number of aliphatic hydroxyl groups excluding tert-OH is 1. The van der Waals surface area contributed by atoms with E-state index in [9.17, 15) is 43.8 Å². The highest BCUT2D eigenvalue weighted by molar-refractivity contribution is 5.97. The zero-order valence-corrected chi connectivity index (χ0v) is 33.6. The van der Waals surface area contributed by atoms with Crippen LogP contribution in [0.25, 0.3) is 0 Å². The first-order valence-electron chi connectivity index (χ1n) is 19.5. The lowest BCUT2D eigenvalue weighted by Gasteiger charge is -2.30. The number of nitrogens with one attached hydrogen (secondary N) is 6. The quantitative estimate of drug-likeness (QED) is 0.0305. The number of carboxylic acid groups (broad SMARTS) is 1. The van der Waals surface area contributed by atoms with Gasteiger partial charge in [-0.25, -0.2) is 9.78 Å². The Hall–Kier alpha value is -6.09. The first kappa shape index (κ1) is 47.3. The number of aliphatic imine (C=N–C) groups is 1. The van der Waals surface area contributed by atoms with Gasteiger partial charge in [-0.15, -0.1) is 0 Å². The lowest BCUT2D eigenvalue weighted by Crippen LogP contribution is -2.60. The van der Waals surface area contributed by atoms with Crippen molar-refractivity contribution in [2.24, 2.45) is 28.1 Å². The third-order valence-corrected chi connectivity index (χ3v) is 9.48. The predicted octanol–water partition coefficient (Wildman–Crippen LogP) is -2.87. The number of H-pyrrole nitrogens is 1. The standard InChI is InChI=1S/C38H58N12O9/c1-21(2)15-26(32(53)49-29(19-51)34(55)48-28(37(58)59)16-23-9-5-4-6-10-23)46-33(54)27(17-24-18-42-20-44-24)47-35(56)30-12-8-14-50(30)36(57)25(45-31(52)22(3)39)11-7-13-43-38(40)41/h4-6,9-10,18,20-22,25-30,51H,7-8,11-17,19,39H2,1-3H3,(H,42,44)(H,45,52)(H,46,54)(H,47,56)(H,48,55)(H,49,53)(H,58,59)(H4,40,41,43)/t22-,25-,26-,27-,28-,29-,30-/m0/s1. The van der Waals surface area contributed by atoms with Crippen molar-refractivity contribution in [1.29, 1.82) is 0 Å². The van der Waals surface area contributed by atoms with Crippen LogP contribution in [0.2, 0.25) is 0 Å². The minimum absolute atomic E-state index is 0.0539. The van der Waals surface area contributed by atoms with E-state index in [0.717, 1.165) is 0 Å². The number of guanidine groups is 1. The molecule has 1 aromatic heterocycles. The van der Waals surface area contributed by atoms with Gasteiger partial charge in [-0.05, 0) is 50.5 Å². The number of hydrogen-bond acceptors (Lipinski definition) is 11. The molecule has 0 unspecified atom stereocenters. The number of carboxylic acids is 1. The molecule has 7 atom stereocenters. The topological polar surface area (TPSA) is 342 Å². The number of benzene rings is 1. The van der Waals surface area contributed by atoms with Crippen LogP contribution in [0.3, 0.4) is 0 Å². The molecule has 59 heavy (non-hydrogen) atoms. The van der Waals surface area contributed by atoms with Crippen molar-refractivity contribution in [3.63, 3.8) is 0 Å². The maximum atomic E-state index is 14.0. The second kappa shape index (κ2) is 23.3. The molecule has 0 aliphatic carbocycles. The number of nitrogens with zero attached hydrogens (tertiary/aromatic N) is 3. The van der Waals surface area contributed by atoms with Gasteiger partial charge < -0.3 is 63.9 Å². The molecule has 21 nitrogen and oxygen atoms in total. The molecule has 3 rings (SSSR count). The number of likely N-dealkylation sites (tertiary alicyclic amines) is 1. The van der Waals surface area contributed by atoms with E-state index in [4.69, 9.17) is 17.2 Å². The summed E-state index contributed by atoms with van der Waals surface area (Å²) in [6, 6.07) is 0.136. The van der Waals surface area contributed by atoms with Gasteiger partial charge in [0.05, 0.1) is 19.0 Å². The average molecular weight is 827 g/mol. The Labute approximate surface area is 342 Å². The normalized spacial score (nSPS) is 16.7. The Balaban J connectivity index is 1.78. The van der Waals surface area contributed by atoms with Crippen LogP contribution in [0.5, 0.6) is 0 Å². The van der Waals surface area contributed by atoms with E-state index in [-0.39, 0.29) is 57.1 Å². The number of amides is 6. The Morgan fingerprint density at radius 2 is 1.49 bits per heavy atom. The van der Waals surface area contributed by atoms with Gasteiger partial charge in [-0.3, -0.25) is 33.8 Å². The fourth-order valence-corrected chi connectivity index (χ4v) is 6.42. The van der Waals surface area contributed by atoms with Crippen molar-refractivity contribution in [3.05, 3.63) is 54.1 Å². The Morgan fingerprint density at radius 1 is 0.864 bits per heavy atom. The Bertz CT molecular complexity index is 1750. The van der Waals surface area contributed by atoms with Crippen LogP contribution >= 0.6 is 0 Å². The van der Waals surface area contributed by atoms with Crippen molar-refractivity contribution in [2.75, 3.05) is 19.7 Å². The van der Waals surface area contributed by atoms with Crippen molar-refractivity contribution in [2.45, 2.75) is 108 Å². The third kappa shape index (κ3) is 15.3. The molecule has 1 saturated heterocycles. The van der Waals surface area contributed by atoms with Crippen molar-refractivity contribution in [3.8, 4) is 0 Å². The fourth-order valence-electron chi connectivity index (χ4n) is 6.42. The maximum Gasteiger partial charge on any atom is 0.326 e. The monoisotopic (exact) mass is 826 g/mol. The lowest BCUT2D eigenvalue weighted by molar-refractivity contribution is -0.143. The van der Waals surface area contributed by atoms with Crippen molar-refractivity contribution < 1.29 is 43.8 Å². The summed E-state index contributed by atoms with van der Waals surface area (Å²) in [5.41, 5.74) is 17.7. The molecule has 1 fully saturated rings. The summed E-state index contributed by atoms with van der Waals surface area (Å²) in [5, 5.41) is 32.6. The largest absolute Gasteiger partial charge is 0.480 e. The lowest BCUT2D eigenvalue weighted by atomic mass is 10.0. The Kier molecular flexibility index (Phi) is 18.7. The van der Waals surface area contributed by atoms with E-state index < -0.39 is 90.3 Å². The number of carbonyl (C=O) groups excluding carboxylic acids is 6. The van der Waals surface area contributed by atoms with Crippen LogP contribution in [-0.2, 0) is 46.4 Å². The summed E-state index contributed by atoms with van der Waals surface area (Å²) in [7, 11) is 0. The van der Waals surface area contributed by atoms with E-state index in [1.807, 2.05) is 0 Å². The molecule has 14 N–H and O–H groups in total. The molecule has 2 aromatic rings. The van der Waals surface area contributed by atoms with Gasteiger partial charge in [-0.1, -0.05) is 44.2 Å². The zero-order chi connectivity index (χ0) is 43.6. The van der Waals surface area contributed by atoms with Gasteiger partial charge in [0, 0.05) is 37.8 Å². The van der Waals surface area contributed by atoms with Crippen LogP contribution in [0, 0.1) is 5.92 Å². The first-order valence-corrected chi connectivity index (χ1v) is 19.5. The highest BCUT2D eigenvalue weighted by atomic mass is 16.4. The second-order valence-electron chi connectivity index (χ2n) is 14.9. The van der Waals surface area contributed by atoms with Gasteiger partial charge in [0.15, 0.2) is 5.96 Å². The molecule has 0 spiro atoms. The first-order chi connectivity index (χ1) is 28.0. The second-order valence-corrected chi connectivity index (χ2v) is 14.9. The molecular weight excluding hydrogens is 768 g/mol. The number of aromatic nitrogens is 2. The van der Waals surface area contributed by atoms with Crippen molar-refractivity contribution >= 4 is 47.4 Å². The molecule has 0 saturated carbocycles. The predicted molar refractivity (Wildman–Crippen MR) is 215 cm³/mol. The number of imidazole rings is 1.